The van der Waals surface area contributed by atoms with Gasteiger partial charge in [-0.25, -0.2) is 0 Å². The van der Waals surface area contributed by atoms with Crippen molar-refractivity contribution in [2.24, 2.45) is 0 Å². The summed E-state index contributed by atoms with van der Waals surface area (Å²) in [7, 11) is 0. The molecule has 0 atom stereocenters. The zero-order chi connectivity index (χ0) is 14.9. The maximum atomic E-state index is 12.5. The minimum atomic E-state index is 0.169. The van der Waals surface area contributed by atoms with E-state index < -0.39 is 0 Å². The van der Waals surface area contributed by atoms with Crippen LogP contribution in [0.1, 0.15) is 31.4 Å². The van der Waals surface area contributed by atoms with Gasteiger partial charge in [0.15, 0.2) is 0 Å². The summed E-state index contributed by atoms with van der Waals surface area (Å²) in [6.07, 6.45) is 8.53. The molecule has 1 amide bonds. The molecule has 0 bridgehead atoms. The molecular weight excluding hydrogens is 262 g/mol. The summed E-state index contributed by atoms with van der Waals surface area (Å²) >= 11 is 0. The summed E-state index contributed by atoms with van der Waals surface area (Å²) in [5.41, 5.74) is 0.920. The SMILES string of the molecule is C=CCN(Cc1ccccn1)C(=O)CN1CCCCCC1. The molecule has 4 heteroatoms. The number of hydrogen-bond donors (Lipinski definition) is 0. The lowest BCUT2D eigenvalue weighted by molar-refractivity contribution is -0.132. The number of rotatable bonds is 6. The number of amides is 1. The Labute approximate surface area is 127 Å². The average Bonchev–Trinajstić information content (AvgIpc) is 2.76. The van der Waals surface area contributed by atoms with E-state index in [-0.39, 0.29) is 5.91 Å². The fourth-order valence-corrected chi connectivity index (χ4v) is 2.68. The van der Waals surface area contributed by atoms with Gasteiger partial charge in [-0.05, 0) is 38.1 Å². The monoisotopic (exact) mass is 287 g/mol. The van der Waals surface area contributed by atoms with E-state index in [4.69, 9.17) is 0 Å². The molecule has 1 aliphatic heterocycles. The van der Waals surface area contributed by atoms with Gasteiger partial charge < -0.3 is 4.90 Å². The molecule has 1 saturated heterocycles. The van der Waals surface area contributed by atoms with Gasteiger partial charge in [0.1, 0.15) is 0 Å². The van der Waals surface area contributed by atoms with Crippen molar-refractivity contribution in [2.75, 3.05) is 26.2 Å². The molecule has 0 aromatic carbocycles. The van der Waals surface area contributed by atoms with Gasteiger partial charge in [0.05, 0.1) is 18.8 Å². The molecule has 21 heavy (non-hydrogen) atoms. The second-order valence-electron chi connectivity index (χ2n) is 5.57. The standard InChI is InChI=1S/C17H25N3O/c1-2-11-20(14-16-9-5-6-10-18-16)17(21)15-19-12-7-3-4-8-13-19/h2,5-6,9-10H,1,3-4,7-8,11-15H2. The topological polar surface area (TPSA) is 36.4 Å². The number of likely N-dealkylation sites (tertiary alicyclic amines) is 1. The molecule has 1 aliphatic rings. The highest BCUT2D eigenvalue weighted by Gasteiger charge is 2.18. The Balaban J connectivity index is 1.93. The van der Waals surface area contributed by atoms with Gasteiger partial charge >= 0.3 is 0 Å². The van der Waals surface area contributed by atoms with Crippen molar-refractivity contribution in [3.63, 3.8) is 0 Å². The summed E-state index contributed by atoms with van der Waals surface area (Å²) in [6.45, 7) is 7.48. The van der Waals surface area contributed by atoms with E-state index >= 15 is 0 Å². The van der Waals surface area contributed by atoms with Gasteiger partial charge in [0.25, 0.3) is 0 Å². The smallest absolute Gasteiger partial charge is 0.237 e. The molecular formula is C17H25N3O. The molecule has 2 rings (SSSR count). The van der Waals surface area contributed by atoms with Gasteiger partial charge in [0.2, 0.25) is 5.91 Å². The molecule has 0 aliphatic carbocycles. The van der Waals surface area contributed by atoms with Gasteiger partial charge in [-0.15, -0.1) is 6.58 Å². The second-order valence-corrected chi connectivity index (χ2v) is 5.57. The average molecular weight is 287 g/mol. The van der Waals surface area contributed by atoms with Crippen molar-refractivity contribution in [3.05, 3.63) is 42.7 Å². The number of carbonyl (C=O) groups excluding carboxylic acids is 1. The number of hydrogen-bond acceptors (Lipinski definition) is 3. The first-order valence-corrected chi connectivity index (χ1v) is 7.80. The van der Waals surface area contributed by atoms with Gasteiger partial charge in [-0.1, -0.05) is 25.0 Å². The lowest BCUT2D eigenvalue weighted by Crippen LogP contribution is -2.40. The maximum Gasteiger partial charge on any atom is 0.237 e. The van der Waals surface area contributed by atoms with E-state index in [1.165, 1.54) is 25.7 Å². The predicted octanol–water partition coefficient (Wildman–Crippen LogP) is 2.47. The summed E-state index contributed by atoms with van der Waals surface area (Å²) in [5.74, 6) is 0.169. The van der Waals surface area contributed by atoms with Crippen LogP contribution in [0.2, 0.25) is 0 Å². The van der Waals surface area contributed by atoms with Crippen molar-refractivity contribution in [3.8, 4) is 0 Å². The van der Waals surface area contributed by atoms with Crippen LogP contribution < -0.4 is 0 Å². The number of pyridine rings is 1. The highest BCUT2D eigenvalue weighted by atomic mass is 16.2. The van der Waals surface area contributed by atoms with Crippen LogP contribution >= 0.6 is 0 Å². The van der Waals surface area contributed by atoms with Crippen molar-refractivity contribution in [1.82, 2.24) is 14.8 Å². The zero-order valence-corrected chi connectivity index (χ0v) is 12.7. The first-order chi connectivity index (χ1) is 10.3. The highest BCUT2D eigenvalue weighted by Crippen LogP contribution is 2.10. The molecule has 4 nitrogen and oxygen atoms in total. The molecule has 114 valence electrons. The van der Waals surface area contributed by atoms with Crippen LogP contribution in [0.15, 0.2) is 37.1 Å². The molecule has 1 aromatic rings. The number of carbonyl (C=O) groups is 1. The normalized spacial score (nSPS) is 16.2. The minimum absolute atomic E-state index is 0.169. The molecule has 1 fully saturated rings. The molecule has 2 heterocycles. The van der Waals surface area contributed by atoms with Crippen LogP contribution in [-0.4, -0.2) is 46.9 Å². The van der Waals surface area contributed by atoms with E-state index in [0.717, 1.165) is 18.8 Å². The Morgan fingerprint density at radius 1 is 1.29 bits per heavy atom. The van der Waals surface area contributed by atoms with Crippen molar-refractivity contribution < 1.29 is 4.79 Å². The summed E-state index contributed by atoms with van der Waals surface area (Å²) in [5, 5.41) is 0. The Bertz CT molecular complexity index is 439. The van der Waals surface area contributed by atoms with E-state index in [0.29, 0.717) is 19.6 Å². The third-order valence-corrected chi connectivity index (χ3v) is 3.84. The molecule has 0 saturated carbocycles. The molecule has 1 aromatic heterocycles. The number of nitrogens with zero attached hydrogens (tertiary/aromatic N) is 3. The molecule has 0 radical (unpaired) electrons. The lowest BCUT2D eigenvalue weighted by Gasteiger charge is -2.25. The fourth-order valence-electron chi connectivity index (χ4n) is 2.68. The van der Waals surface area contributed by atoms with Crippen molar-refractivity contribution in [2.45, 2.75) is 32.2 Å². The third-order valence-electron chi connectivity index (χ3n) is 3.84. The third kappa shape index (κ3) is 5.31. The van der Waals surface area contributed by atoms with Crippen LogP contribution in [0.25, 0.3) is 0 Å². The maximum absolute atomic E-state index is 12.5. The van der Waals surface area contributed by atoms with Crippen LogP contribution in [0.3, 0.4) is 0 Å². The van der Waals surface area contributed by atoms with Gasteiger partial charge in [0, 0.05) is 12.7 Å². The second kappa shape index (κ2) is 8.57. The summed E-state index contributed by atoms with van der Waals surface area (Å²) in [6, 6.07) is 5.80. The van der Waals surface area contributed by atoms with E-state index in [9.17, 15) is 4.79 Å². The van der Waals surface area contributed by atoms with E-state index in [2.05, 4.69) is 16.5 Å². The van der Waals surface area contributed by atoms with E-state index in [1.807, 2.05) is 23.1 Å². The Kier molecular flexibility index (Phi) is 6.41. The first kappa shape index (κ1) is 15.7. The zero-order valence-electron chi connectivity index (χ0n) is 12.7. The van der Waals surface area contributed by atoms with Gasteiger partial charge in [-0.2, -0.15) is 0 Å². The van der Waals surface area contributed by atoms with Crippen molar-refractivity contribution in [1.29, 1.82) is 0 Å². The largest absolute Gasteiger partial charge is 0.332 e. The molecule has 0 unspecified atom stereocenters. The lowest BCUT2D eigenvalue weighted by atomic mass is 10.2. The fraction of sp³-hybridized carbons (Fsp3) is 0.529. The van der Waals surface area contributed by atoms with E-state index in [1.54, 1.807) is 12.3 Å². The predicted molar refractivity (Wildman–Crippen MR) is 84.8 cm³/mol. The summed E-state index contributed by atoms with van der Waals surface area (Å²) in [4.78, 5) is 20.9. The Morgan fingerprint density at radius 3 is 2.67 bits per heavy atom. The van der Waals surface area contributed by atoms with Crippen LogP contribution in [0, 0.1) is 0 Å². The number of aromatic nitrogens is 1. The quantitative estimate of drug-likeness (QED) is 0.754. The van der Waals surface area contributed by atoms with Gasteiger partial charge in [-0.3, -0.25) is 14.7 Å². The van der Waals surface area contributed by atoms with Crippen LogP contribution in [0.4, 0.5) is 0 Å². The van der Waals surface area contributed by atoms with Crippen LogP contribution in [-0.2, 0) is 11.3 Å². The summed E-state index contributed by atoms with van der Waals surface area (Å²) < 4.78 is 0. The molecule has 0 N–H and O–H groups in total. The Morgan fingerprint density at radius 2 is 2.05 bits per heavy atom. The molecule has 0 spiro atoms. The van der Waals surface area contributed by atoms with Crippen LogP contribution in [0.5, 0.6) is 0 Å². The minimum Gasteiger partial charge on any atom is -0.332 e. The Hall–Kier alpha value is -1.68. The first-order valence-electron chi connectivity index (χ1n) is 7.80. The highest BCUT2D eigenvalue weighted by molar-refractivity contribution is 5.78. The van der Waals surface area contributed by atoms with Crippen molar-refractivity contribution >= 4 is 5.91 Å².